The van der Waals surface area contributed by atoms with Crippen molar-refractivity contribution in [2.45, 2.75) is 36.5 Å². The highest BCUT2D eigenvalue weighted by atomic mass is 16.7. The molecular formula is C18H21NO5. The molecule has 0 amide bonds. The lowest BCUT2D eigenvalue weighted by atomic mass is 9.77. The number of methoxy groups -OCH3 is 1. The maximum Gasteiger partial charge on any atom is 0.231 e. The second-order valence-corrected chi connectivity index (χ2v) is 7.06. The van der Waals surface area contributed by atoms with E-state index in [1.54, 1.807) is 7.11 Å². The first kappa shape index (κ1) is 14.6. The summed E-state index contributed by atoms with van der Waals surface area (Å²) < 4.78 is 16.5. The molecule has 0 unspecified atom stereocenters. The van der Waals surface area contributed by atoms with Gasteiger partial charge in [0.15, 0.2) is 11.5 Å². The van der Waals surface area contributed by atoms with Crippen molar-refractivity contribution < 1.29 is 24.4 Å². The molecule has 1 fully saturated rings. The first-order valence-electron chi connectivity index (χ1n) is 8.45. The van der Waals surface area contributed by atoms with Gasteiger partial charge < -0.3 is 24.4 Å². The number of ether oxygens (including phenoxy) is 3. The van der Waals surface area contributed by atoms with E-state index in [1.165, 1.54) is 0 Å². The van der Waals surface area contributed by atoms with Gasteiger partial charge in [-0.25, -0.2) is 0 Å². The lowest BCUT2D eigenvalue weighted by Gasteiger charge is -2.38. The topological polar surface area (TPSA) is 71.4 Å². The summed E-state index contributed by atoms with van der Waals surface area (Å²) >= 11 is 0. The third kappa shape index (κ3) is 1.71. The van der Waals surface area contributed by atoms with Crippen LogP contribution in [0.2, 0.25) is 0 Å². The molecule has 1 spiro atoms. The van der Waals surface area contributed by atoms with Crippen LogP contribution in [0.5, 0.6) is 11.5 Å². The lowest BCUT2D eigenvalue weighted by molar-refractivity contribution is 0.0575. The molecule has 1 saturated heterocycles. The van der Waals surface area contributed by atoms with Gasteiger partial charge in [0.1, 0.15) is 11.9 Å². The van der Waals surface area contributed by atoms with Crippen LogP contribution >= 0.6 is 0 Å². The predicted octanol–water partition coefficient (Wildman–Crippen LogP) is 1.29. The molecule has 6 nitrogen and oxygen atoms in total. The Labute approximate surface area is 140 Å². The second kappa shape index (κ2) is 4.88. The Balaban J connectivity index is 1.73. The second-order valence-electron chi connectivity index (χ2n) is 7.06. The van der Waals surface area contributed by atoms with Crippen molar-refractivity contribution in [3.05, 3.63) is 35.1 Å². The number of aliphatic hydroxyl groups is 2. The lowest BCUT2D eigenvalue weighted by Crippen LogP contribution is -2.47. The first-order valence-corrected chi connectivity index (χ1v) is 8.45. The number of fused-ring (bicyclic) bond motifs is 3. The van der Waals surface area contributed by atoms with Crippen molar-refractivity contribution in [1.29, 1.82) is 0 Å². The molecule has 0 bridgehead atoms. The minimum absolute atomic E-state index is 0.170. The van der Waals surface area contributed by atoms with Gasteiger partial charge in [-0.3, -0.25) is 4.90 Å². The zero-order valence-corrected chi connectivity index (χ0v) is 13.6. The monoisotopic (exact) mass is 331 g/mol. The molecule has 3 aliphatic heterocycles. The summed E-state index contributed by atoms with van der Waals surface area (Å²) in [5.41, 5.74) is 1.46. The zero-order valence-electron chi connectivity index (χ0n) is 13.6. The van der Waals surface area contributed by atoms with Crippen LogP contribution in [0.3, 0.4) is 0 Å². The van der Waals surface area contributed by atoms with Gasteiger partial charge in [0.2, 0.25) is 6.79 Å². The Morgan fingerprint density at radius 3 is 2.71 bits per heavy atom. The molecule has 5 rings (SSSR count). The Bertz CT molecular complexity index is 732. The van der Waals surface area contributed by atoms with Gasteiger partial charge in [0.05, 0.1) is 18.8 Å². The van der Waals surface area contributed by atoms with Gasteiger partial charge in [-0.2, -0.15) is 0 Å². The van der Waals surface area contributed by atoms with Gasteiger partial charge >= 0.3 is 0 Å². The molecule has 0 saturated carbocycles. The maximum absolute atomic E-state index is 11.0. The number of rotatable bonds is 1. The van der Waals surface area contributed by atoms with Crippen molar-refractivity contribution >= 4 is 0 Å². The summed E-state index contributed by atoms with van der Waals surface area (Å²) in [7, 11) is 1.60. The van der Waals surface area contributed by atoms with E-state index in [0.29, 0.717) is 23.8 Å². The van der Waals surface area contributed by atoms with E-state index < -0.39 is 12.2 Å². The maximum atomic E-state index is 11.0. The largest absolute Gasteiger partial charge is 0.499 e. The summed E-state index contributed by atoms with van der Waals surface area (Å²) in [6.07, 6.45) is 2.73. The number of hydrogen-bond acceptors (Lipinski definition) is 6. The molecule has 1 aliphatic carbocycles. The van der Waals surface area contributed by atoms with Crippen LogP contribution < -0.4 is 9.47 Å². The van der Waals surface area contributed by atoms with Crippen molar-refractivity contribution in [1.82, 2.24) is 4.90 Å². The fraction of sp³-hybridized carbons (Fsp3) is 0.556. The molecule has 24 heavy (non-hydrogen) atoms. The van der Waals surface area contributed by atoms with Crippen LogP contribution in [-0.2, 0) is 4.74 Å². The summed E-state index contributed by atoms with van der Waals surface area (Å²) in [4.78, 5) is 2.30. The molecule has 4 aliphatic rings. The van der Waals surface area contributed by atoms with Gasteiger partial charge in [-0.1, -0.05) is 0 Å². The van der Waals surface area contributed by atoms with E-state index in [1.807, 2.05) is 12.1 Å². The molecule has 1 aromatic carbocycles. The third-order valence-electron chi connectivity index (χ3n) is 6.03. The average molecular weight is 331 g/mol. The molecule has 1 aromatic rings. The highest BCUT2D eigenvalue weighted by Gasteiger charge is 2.57. The summed E-state index contributed by atoms with van der Waals surface area (Å²) in [5, 5.41) is 21.8. The Kier molecular flexibility index (Phi) is 2.96. The zero-order chi connectivity index (χ0) is 16.5. The Morgan fingerprint density at radius 1 is 1.21 bits per heavy atom. The predicted molar refractivity (Wildman–Crippen MR) is 84.9 cm³/mol. The summed E-state index contributed by atoms with van der Waals surface area (Å²) in [6, 6.07) is 3.81. The van der Waals surface area contributed by atoms with Crippen LogP contribution in [0.4, 0.5) is 0 Å². The van der Waals surface area contributed by atoms with E-state index in [0.717, 1.165) is 30.5 Å². The number of benzene rings is 1. The average Bonchev–Trinajstić information content (AvgIpc) is 3.24. The smallest absolute Gasteiger partial charge is 0.231 e. The highest BCUT2D eigenvalue weighted by molar-refractivity contribution is 5.54. The normalized spacial score (nSPS) is 36.6. The standard InChI is InChI=1S/C18H21NO5/c1-22-15-7-18-3-2-4-19(18)8-12(20)10-5-13-14(24-9-23-13)6-11(10)16(18)17(15)21/h5-7,12,16-17,20-21H,2-4,8-9H2,1H3/t12-,16-,17+,18+/m0/s1. The van der Waals surface area contributed by atoms with Crippen LogP contribution in [0.15, 0.2) is 24.0 Å². The van der Waals surface area contributed by atoms with E-state index in [-0.39, 0.29) is 18.2 Å². The summed E-state index contributed by atoms with van der Waals surface area (Å²) in [5.74, 6) is 1.79. The number of β-amino-alcohol motifs (C(OH)–C–C–N with tert-alkyl or cyclic N) is 1. The van der Waals surface area contributed by atoms with Crippen molar-refractivity contribution in [2.75, 3.05) is 27.0 Å². The molecule has 0 aromatic heterocycles. The molecule has 2 N–H and O–H groups in total. The fourth-order valence-electron chi connectivity index (χ4n) is 5.01. The first-order chi connectivity index (χ1) is 11.6. The van der Waals surface area contributed by atoms with E-state index in [4.69, 9.17) is 14.2 Å². The molecule has 6 heteroatoms. The quantitative estimate of drug-likeness (QED) is 0.808. The Morgan fingerprint density at radius 2 is 1.96 bits per heavy atom. The van der Waals surface area contributed by atoms with Crippen molar-refractivity contribution in [3.8, 4) is 11.5 Å². The minimum atomic E-state index is -0.722. The van der Waals surface area contributed by atoms with Gasteiger partial charge in [0, 0.05) is 12.5 Å². The minimum Gasteiger partial charge on any atom is -0.499 e. The van der Waals surface area contributed by atoms with E-state index >= 15 is 0 Å². The third-order valence-corrected chi connectivity index (χ3v) is 6.03. The molecule has 0 radical (unpaired) electrons. The SMILES string of the molecule is COC1=C[C@@]23CCCN2C[C@H](O)c2cc4c(cc2[C@H]3[C@@H]1O)OCO4. The van der Waals surface area contributed by atoms with Crippen LogP contribution in [0, 0.1) is 0 Å². The highest BCUT2D eigenvalue weighted by Crippen LogP contribution is 2.55. The molecule has 3 heterocycles. The molecule has 128 valence electrons. The molecular weight excluding hydrogens is 310 g/mol. The number of nitrogens with zero attached hydrogens (tertiary/aromatic N) is 1. The van der Waals surface area contributed by atoms with Crippen LogP contribution in [0.1, 0.15) is 36.0 Å². The van der Waals surface area contributed by atoms with Crippen molar-refractivity contribution in [2.24, 2.45) is 0 Å². The Hall–Kier alpha value is -1.76. The summed E-state index contributed by atoms with van der Waals surface area (Å²) in [6.45, 7) is 1.65. The van der Waals surface area contributed by atoms with Crippen molar-refractivity contribution in [3.63, 3.8) is 0 Å². The van der Waals surface area contributed by atoms with Gasteiger partial charge in [-0.15, -0.1) is 0 Å². The van der Waals surface area contributed by atoms with Crippen LogP contribution in [0.25, 0.3) is 0 Å². The van der Waals surface area contributed by atoms with E-state index in [9.17, 15) is 10.2 Å². The van der Waals surface area contributed by atoms with Crippen LogP contribution in [-0.4, -0.2) is 53.7 Å². The number of hydrogen-bond donors (Lipinski definition) is 2. The number of aliphatic hydroxyl groups excluding tert-OH is 2. The van der Waals surface area contributed by atoms with Gasteiger partial charge in [-0.05, 0) is 48.7 Å². The van der Waals surface area contributed by atoms with Gasteiger partial charge in [0.25, 0.3) is 0 Å². The van der Waals surface area contributed by atoms with E-state index in [2.05, 4.69) is 11.0 Å². The molecule has 4 atom stereocenters. The fourth-order valence-corrected chi connectivity index (χ4v) is 5.01.